The number of anilines is 1. The van der Waals surface area contributed by atoms with Gasteiger partial charge in [-0.1, -0.05) is 26.5 Å². The lowest BCUT2D eigenvalue weighted by molar-refractivity contribution is -0.168. The predicted octanol–water partition coefficient (Wildman–Crippen LogP) is 0.892. The van der Waals surface area contributed by atoms with Crippen LogP contribution in [0.3, 0.4) is 0 Å². The summed E-state index contributed by atoms with van der Waals surface area (Å²) in [6.45, 7) is 6.31. The van der Waals surface area contributed by atoms with Crippen LogP contribution >= 0.6 is 0 Å². The van der Waals surface area contributed by atoms with Crippen LogP contribution in [0.1, 0.15) is 32.9 Å². The van der Waals surface area contributed by atoms with Gasteiger partial charge < -0.3 is 19.9 Å². The van der Waals surface area contributed by atoms with Crippen LogP contribution in [0.5, 0.6) is 0 Å². The minimum Gasteiger partial charge on any atom is -0.462 e. The Morgan fingerprint density at radius 3 is 2.67 bits per heavy atom. The summed E-state index contributed by atoms with van der Waals surface area (Å²) in [6.07, 6.45) is -2.37. The Bertz CT molecular complexity index is 782. The highest BCUT2D eigenvalue weighted by molar-refractivity contribution is 5.70. The predicted molar refractivity (Wildman–Crippen MR) is 92.3 cm³/mol. The van der Waals surface area contributed by atoms with Gasteiger partial charge in [0.15, 0.2) is 24.1 Å². The highest BCUT2D eigenvalue weighted by atomic mass is 19.1. The summed E-state index contributed by atoms with van der Waals surface area (Å²) in [5, 5.41) is 0. The number of esters is 2. The highest BCUT2D eigenvalue weighted by Gasteiger charge is 2.58. The van der Waals surface area contributed by atoms with E-state index in [1.807, 2.05) is 0 Å². The SMILES string of the molecule is C=C[C@]1(COC(=O)CC)O[C@@H](n2ccc(N)nc2=O)[C@@H](F)[C@@H]1OC(=O)CC. The first kappa shape index (κ1) is 20.6. The van der Waals surface area contributed by atoms with Crippen LogP contribution in [0.25, 0.3) is 0 Å². The molecule has 0 radical (unpaired) electrons. The molecular weight excluding hydrogens is 361 g/mol. The number of rotatable bonds is 7. The maximum atomic E-state index is 15.2. The van der Waals surface area contributed by atoms with E-state index >= 15 is 4.39 Å². The highest BCUT2D eigenvalue weighted by Crippen LogP contribution is 2.41. The van der Waals surface area contributed by atoms with E-state index in [1.54, 1.807) is 13.8 Å². The van der Waals surface area contributed by atoms with E-state index in [2.05, 4.69) is 11.6 Å². The van der Waals surface area contributed by atoms with Gasteiger partial charge in [0.1, 0.15) is 12.4 Å². The number of aromatic nitrogens is 2. The third kappa shape index (κ3) is 4.16. The summed E-state index contributed by atoms with van der Waals surface area (Å²) in [6, 6.07) is 1.30. The Kier molecular flexibility index (Phi) is 6.32. The maximum absolute atomic E-state index is 15.2. The number of hydrogen-bond acceptors (Lipinski definition) is 8. The second kappa shape index (κ2) is 8.30. The molecule has 0 amide bonds. The summed E-state index contributed by atoms with van der Waals surface area (Å²) in [4.78, 5) is 38.9. The molecule has 9 nitrogen and oxygen atoms in total. The van der Waals surface area contributed by atoms with E-state index in [9.17, 15) is 14.4 Å². The Morgan fingerprint density at radius 1 is 1.44 bits per heavy atom. The average molecular weight is 383 g/mol. The number of hydrogen-bond donors (Lipinski definition) is 1. The summed E-state index contributed by atoms with van der Waals surface area (Å²) in [7, 11) is 0. The van der Waals surface area contributed by atoms with Crippen molar-refractivity contribution in [2.45, 2.75) is 50.8 Å². The fourth-order valence-corrected chi connectivity index (χ4v) is 2.63. The molecule has 2 N–H and O–H groups in total. The van der Waals surface area contributed by atoms with Crippen LogP contribution in [0.4, 0.5) is 10.2 Å². The second-order valence-electron chi connectivity index (χ2n) is 5.93. The van der Waals surface area contributed by atoms with Crippen molar-refractivity contribution in [1.29, 1.82) is 0 Å². The van der Waals surface area contributed by atoms with Gasteiger partial charge in [-0.25, -0.2) is 9.18 Å². The van der Waals surface area contributed by atoms with Crippen LogP contribution in [0, 0.1) is 0 Å². The lowest BCUT2D eigenvalue weighted by Crippen LogP contribution is -2.47. The van der Waals surface area contributed by atoms with Crippen molar-refractivity contribution in [3.05, 3.63) is 35.4 Å². The van der Waals surface area contributed by atoms with Gasteiger partial charge in [0.2, 0.25) is 0 Å². The topological polar surface area (TPSA) is 123 Å². The molecule has 27 heavy (non-hydrogen) atoms. The zero-order valence-electron chi connectivity index (χ0n) is 15.1. The van der Waals surface area contributed by atoms with E-state index in [0.29, 0.717) is 0 Å². The molecule has 1 fully saturated rings. The van der Waals surface area contributed by atoms with Crippen molar-refractivity contribution in [1.82, 2.24) is 9.55 Å². The number of nitrogens with zero attached hydrogens (tertiary/aromatic N) is 2. The summed E-state index contributed by atoms with van der Waals surface area (Å²) < 4.78 is 32.1. The number of alkyl halides is 1. The molecule has 2 rings (SSSR count). The van der Waals surface area contributed by atoms with Crippen molar-refractivity contribution < 1.29 is 28.2 Å². The Morgan fingerprint density at radius 2 is 2.11 bits per heavy atom. The fourth-order valence-electron chi connectivity index (χ4n) is 2.63. The third-order valence-electron chi connectivity index (χ3n) is 4.15. The molecule has 10 heteroatoms. The molecule has 0 saturated carbocycles. The Hall–Kier alpha value is -2.75. The monoisotopic (exact) mass is 383 g/mol. The quantitative estimate of drug-likeness (QED) is 0.544. The molecule has 1 aliphatic heterocycles. The van der Waals surface area contributed by atoms with Crippen molar-refractivity contribution in [3.8, 4) is 0 Å². The fraction of sp³-hybridized carbons (Fsp3) is 0.529. The van der Waals surface area contributed by atoms with E-state index in [4.69, 9.17) is 19.9 Å². The van der Waals surface area contributed by atoms with E-state index in [0.717, 1.165) is 4.57 Å². The first-order valence-corrected chi connectivity index (χ1v) is 8.43. The molecule has 0 aromatic carbocycles. The second-order valence-corrected chi connectivity index (χ2v) is 5.93. The standard InChI is InChI=1S/C17H22FN3O6/c1-4-11(22)25-9-17(6-3)14(26-12(23)5-2)13(18)15(27-17)21-8-7-10(19)20-16(21)24/h6-8,13-15H,3-5,9H2,1-2H3,(H2,19,20,24)/t13-,14-,15+,17+/m0/s1. The van der Waals surface area contributed by atoms with Crippen molar-refractivity contribution in [2.75, 3.05) is 12.3 Å². The lowest BCUT2D eigenvalue weighted by atomic mass is 9.96. The Balaban J connectivity index is 2.42. The molecule has 1 saturated heterocycles. The summed E-state index contributed by atoms with van der Waals surface area (Å²) >= 11 is 0. The summed E-state index contributed by atoms with van der Waals surface area (Å²) in [5.41, 5.74) is 2.94. The van der Waals surface area contributed by atoms with Crippen molar-refractivity contribution in [3.63, 3.8) is 0 Å². The zero-order valence-corrected chi connectivity index (χ0v) is 15.1. The molecule has 0 bridgehead atoms. The van der Waals surface area contributed by atoms with Crippen LogP contribution in [0.15, 0.2) is 29.7 Å². The van der Waals surface area contributed by atoms with Crippen LogP contribution in [-0.4, -0.2) is 46.0 Å². The molecule has 0 aliphatic carbocycles. The van der Waals surface area contributed by atoms with Gasteiger partial charge in [0.05, 0.1) is 0 Å². The smallest absolute Gasteiger partial charge is 0.351 e. The largest absolute Gasteiger partial charge is 0.462 e. The number of nitrogen functional groups attached to an aromatic ring is 1. The first-order chi connectivity index (χ1) is 12.8. The van der Waals surface area contributed by atoms with Gasteiger partial charge in [-0.05, 0) is 6.07 Å². The van der Waals surface area contributed by atoms with Gasteiger partial charge in [0.25, 0.3) is 0 Å². The third-order valence-corrected chi connectivity index (χ3v) is 4.15. The number of carbonyl (C=O) groups is 2. The van der Waals surface area contributed by atoms with E-state index in [-0.39, 0.29) is 18.7 Å². The molecule has 0 spiro atoms. The molecule has 4 atom stereocenters. The molecule has 1 aromatic rings. The molecule has 0 unspecified atom stereocenters. The lowest BCUT2D eigenvalue weighted by Gasteiger charge is -2.30. The molecular formula is C17H22FN3O6. The normalized spacial score (nSPS) is 27.1. The number of carbonyl (C=O) groups excluding carboxylic acids is 2. The van der Waals surface area contributed by atoms with Crippen LogP contribution < -0.4 is 11.4 Å². The molecule has 2 heterocycles. The minimum absolute atomic E-state index is 0.000762. The maximum Gasteiger partial charge on any atom is 0.351 e. The van der Waals surface area contributed by atoms with Crippen LogP contribution in [-0.2, 0) is 23.8 Å². The van der Waals surface area contributed by atoms with Gasteiger partial charge >= 0.3 is 17.6 Å². The van der Waals surface area contributed by atoms with Crippen molar-refractivity contribution >= 4 is 17.8 Å². The van der Waals surface area contributed by atoms with Gasteiger partial charge in [0, 0.05) is 19.0 Å². The molecule has 1 aliphatic rings. The molecule has 1 aromatic heterocycles. The van der Waals surface area contributed by atoms with E-state index < -0.39 is 48.3 Å². The van der Waals surface area contributed by atoms with Gasteiger partial charge in [-0.3, -0.25) is 14.2 Å². The van der Waals surface area contributed by atoms with Gasteiger partial charge in [-0.15, -0.1) is 0 Å². The average Bonchev–Trinajstić information content (AvgIpc) is 2.92. The first-order valence-electron chi connectivity index (χ1n) is 8.43. The summed E-state index contributed by atoms with van der Waals surface area (Å²) in [5.74, 6) is -1.27. The zero-order chi connectivity index (χ0) is 20.2. The van der Waals surface area contributed by atoms with E-state index in [1.165, 1.54) is 18.3 Å². The molecule has 148 valence electrons. The Labute approximate surface area is 154 Å². The van der Waals surface area contributed by atoms with Crippen molar-refractivity contribution in [2.24, 2.45) is 0 Å². The minimum atomic E-state index is -1.94. The number of nitrogens with two attached hydrogens (primary N) is 1. The van der Waals surface area contributed by atoms with Gasteiger partial charge in [-0.2, -0.15) is 4.98 Å². The van der Waals surface area contributed by atoms with Crippen LogP contribution in [0.2, 0.25) is 0 Å². The number of halogens is 1. The number of ether oxygens (including phenoxy) is 3.